The maximum absolute atomic E-state index is 10.6. The normalized spacial score (nSPS) is 11.0. The maximum atomic E-state index is 10.6. The molecular weight excluding hydrogens is 276 g/mol. The molecule has 0 aromatic carbocycles. The molecule has 0 N–H and O–H groups in total. The summed E-state index contributed by atoms with van der Waals surface area (Å²) in [7, 11) is 0. The van der Waals surface area contributed by atoms with E-state index >= 15 is 0 Å². The van der Waals surface area contributed by atoms with Crippen LogP contribution in [0.1, 0.15) is 26.7 Å². The minimum atomic E-state index is 0.142. The molecular formula is C15H30O6. The lowest BCUT2D eigenvalue weighted by molar-refractivity contribution is -0.118. The highest BCUT2D eigenvalue weighted by Gasteiger charge is 1.95. The van der Waals surface area contributed by atoms with Gasteiger partial charge in [-0.3, -0.25) is 4.79 Å². The molecule has 0 radical (unpaired) electrons. The van der Waals surface area contributed by atoms with Gasteiger partial charge < -0.3 is 23.7 Å². The van der Waals surface area contributed by atoms with Crippen LogP contribution >= 0.6 is 0 Å². The van der Waals surface area contributed by atoms with Gasteiger partial charge in [-0.2, -0.15) is 0 Å². The highest BCUT2D eigenvalue weighted by atomic mass is 16.6. The van der Waals surface area contributed by atoms with Crippen LogP contribution in [0.5, 0.6) is 0 Å². The van der Waals surface area contributed by atoms with E-state index in [4.69, 9.17) is 23.7 Å². The molecule has 0 aliphatic heterocycles. The van der Waals surface area contributed by atoms with Crippen molar-refractivity contribution in [3.8, 4) is 0 Å². The third-order valence-corrected chi connectivity index (χ3v) is 2.43. The SMILES string of the molecule is CCCOCCOCCOCCOCCOCCC(C)=O. The number of rotatable bonds is 17. The summed E-state index contributed by atoms with van der Waals surface area (Å²) in [5, 5.41) is 0. The Kier molecular flexibility index (Phi) is 17.1. The fourth-order valence-corrected chi connectivity index (χ4v) is 1.34. The Labute approximate surface area is 128 Å². The molecule has 6 heteroatoms. The first-order valence-electron chi connectivity index (χ1n) is 7.65. The van der Waals surface area contributed by atoms with Crippen LogP contribution in [-0.4, -0.2) is 71.9 Å². The Balaban J connectivity index is 2.95. The van der Waals surface area contributed by atoms with E-state index in [2.05, 4.69) is 6.92 Å². The van der Waals surface area contributed by atoms with Crippen molar-refractivity contribution in [3.05, 3.63) is 0 Å². The molecule has 0 aromatic rings. The second-order valence-electron chi connectivity index (χ2n) is 4.51. The van der Waals surface area contributed by atoms with Crippen LogP contribution in [0.15, 0.2) is 0 Å². The standard InChI is InChI=1S/C15H30O6/c1-3-5-17-7-9-19-11-13-21-14-12-20-10-8-18-6-4-15(2)16/h3-14H2,1-2H3. The van der Waals surface area contributed by atoms with Crippen molar-refractivity contribution in [1.82, 2.24) is 0 Å². The number of carbonyl (C=O) groups excluding carboxylic acids is 1. The molecule has 0 aliphatic rings. The molecule has 0 spiro atoms. The van der Waals surface area contributed by atoms with Gasteiger partial charge >= 0.3 is 0 Å². The van der Waals surface area contributed by atoms with Crippen LogP contribution in [-0.2, 0) is 28.5 Å². The Morgan fingerprint density at radius 2 is 0.952 bits per heavy atom. The van der Waals surface area contributed by atoms with Crippen LogP contribution < -0.4 is 0 Å². The molecule has 0 amide bonds. The van der Waals surface area contributed by atoms with Gasteiger partial charge in [0.15, 0.2) is 0 Å². The Hall–Kier alpha value is -0.530. The van der Waals surface area contributed by atoms with Gasteiger partial charge in [-0.1, -0.05) is 6.92 Å². The van der Waals surface area contributed by atoms with Gasteiger partial charge in [0.05, 0.1) is 59.5 Å². The molecule has 0 aliphatic carbocycles. The monoisotopic (exact) mass is 306 g/mol. The molecule has 21 heavy (non-hydrogen) atoms. The first-order valence-corrected chi connectivity index (χ1v) is 7.65. The van der Waals surface area contributed by atoms with Gasteiger partial charge in [0.2, 0.25) is 0 Å². The first kappa shape index (κ1) is 20.5. The maximum Gasteiger partial charge on any atom is 0.132 e. The highest BCUT2D eigenvalue weighted by Crippen LogP contribution is 1.86. The van der Waals surface area contributed by atoms with Gasteiger partial charge in [-0.25, -0.2) is 0 Å². The molecule has 0 rings (SSSR count). The third kappa shape index (κ3) is 19.5. The number of ether oxygens (including phenoxy) is 5. The summed E-state index contributed by atoms with van der Waals surface area (Å²) in [6, 6.07) is 0. The van der Waals surface area contributed by atoms with Crippen LogP contribution in [0.3, 0.4) is 0 Å². The summed E-state index contributed by atoms with van der Waals surface area (Å²) < 4.78 is 26.5. The van der Waals surface area contributed by atoms with E-state index in [1.54, 1.807) is 6.92 Å². The number of hydrogen-bond acceptors (Lipinski definition) is 6. The molecule has 0 saturated heterocycles. The van der Waals surface area contributed by atoms with Crippen LogP contribution in [0.4, 0.5) is 0 Å². The second-order valence-corrected chi connectivity index (χ2v) is 4.51. The molecule has 0 heterocycles. The third-order valence-electron chi connectivity index (χ3n) is 2.43. The van der Waals surface area contributed by atoms with E-state index in [0.717, 1.165) is 13.0 Å². The van der Waals surface area contributed by atoms with Crippen LogP contribution in [0.25, 0.3) is 0 Å². The number of ketones is 1. The Bertz CT molecular complexity index is 222. The Morgan fingerprint density at radius 3 is 1.29 bits per heavy atom. The zero-order valence-corrected chi connectivity index (χ0v) is 13.4. The Morgan fingerprint density at radius 1 is 0.619 bits per heavy atom. The van der Waals surface area contributed by atoms with E-state index < -0.39 is 0 Å². The zero-order valence-electron chi connectivity index (χ0n) is 13.4. The lowest BCUT2D eigenvalue weighted by atomic mass is 10.3. The quantitative estimate of drug-likeness (QED) is 0.379. The molecule has 6 nitrogen and oxygen atoms in total. The summed E-state index contributed by atoms with van der Waals surface area (Å²) in [6.45, 7) is 9.38. The van der Waals surface area contributed by atoms with Crippen molar-refractivity contribution < 1.29 is 28.5 Å². The van der Waals surface area contributed by atoms with Crippen molar-refractivity contribution in [2.75, 3.05) is 66.1 Å². The lowest BCUT2D eigenvalue weighted by Crippen LogP contribution is -2.13. The summed E-state index contributed by atoms with van der Waals surface area (Å²) in [4.78, 5) is 10.6. The van der Waals surface area contributed by atoms with Gasteiger partial charge in [0.1, 0.15) is 5.78 Å². The largest absolute Gasteiger partial charge is 0.379 e. The molecule has 0 fully saturated rings. The molecule has 0 aromatic heterocycles. The van der Waals surface area contributed by atoms with Crippen LogP contribution in [0, 0.1) is 0 Å². The number of carbonyl (C=O) groups is 1. The first-order chi connectivity index (χ1) is 10.3. The van der Waals surface area contributed by atoms with Crippen LogP contribution in [0.2, 0.25) is 0 Å². The highest BCUT2D eigenvalue weighted by molar-refractivity contribution is 5.75. The zero-order chi connectivity index (χ0) is 15.6. The predicted octanol–water partition coefficient (Wildman–Crippen LogP) is 1.46. The molecule has 0 bridgehead atoms. The fourth-order valence-electron chi connectivity index (χ4n) is 1.34. The average Bonchev–Trinajstić information content (AvgIpc) is 2.46. The molecule has 0 saturated carbocycles. The van der Waals surface area contributed by atoms with Crippen molar-refractivity contribution >= 4 is 5.78 Å². The topological polar surface area (TPSA) is 63.2 Å². The summed E-state index contributed by atoms with van der Waals surface area (Å²) >= 11 is 0. The van der Waals surface area contributed by atoms with Gasteiger partial charge in [-0.15, -0.1) is 0 Å². The number of Topliss-reactive ketones (excluding diaryl/α,β-unsaturated/α-hetero) is 1. The van der Waals surface area contributed by atoms with Gasteiger partial charge in [0, 0.05) is 13.0 Å². The van der Waals surface area contributed by atoms with E-state index in [9.17, 15) is 4.79 Å². The summed E-state index contributed by atoms with van der Waals surface area (Å²) in [5.41, 5.74) is 0. The van der Waals surface area contributed by atoms with E-state index in [0.29, 0.717) is 65.9 Å². The summed E-state index contributed by atoms with van der Waals surface area (Å²) in [6.07, 6.45) is 1.50. The molecule has 0 atom stereocenters. The van der Waals surface area contributed by atoms with E-state index in [1.807, 2.05) is 0 Å². The molecule has 0 unspecified atom stereocenters. The van der Waals surface area contributed by atoms with Gasteiger partial charge in [0.25, 0.3) is 0 Å². The summed E-state index contributed by atoms with van der Waals surface area (Å²) in [5.74, 6) is 0.142. The molecule has 126 valence electrons. The second kappa shape index (κ2) is 17.5. The van der Waals surface area contributed by atoms with E-state index in [-0.39, 0.29) is 5.78 Å². The smallest absolute Gasteiger partial charge is 0.132 e. The number of hydrogen-bond donors (Lipinski definition) is 0. The van der Waals surface area contributed by atoms with Gasteiger partial charge in [-0.05, 0) is 13.3 Å². The average molecular weight is 306 g/mol. The van der Waals surface area contributed by atoms with Crippen molar-refractivity contribution in [2.24, 2.45) is 0 Å². The minimum absolute atomic E-state index is 0.142. The lowest BCUT2D eigenvalue weighted by Gasteiger charge is -2.07. The fraction of sp³-hybridized carbons (Fsp3) is 0.933. The van der Waals surface area contributed by atoms with Crippen molar-refractivity contribution in [1.29, 1.82) is 0 Å². The van der Waals surface area contributed by atoms with E-state index in [1.165, 1.54) is 0 Å². The predicted molar refractivity (Wildman–Crippen MR) is 79.7 cm³/mol. The minimum Gasteiger partial charge on any atom is -0.379 e. The van der Waals surface area contributed by atoms with Crippen molar-refractivity contribution in [2.45, 2.75) is 26.7 Å². The van der Waals surface area contributed by atoms with Crippen molar-refractivity contribution in [3.63, 3.8) is 0 Å².